The van der Waals surface area contributed by atoms with Gasteiger partial charge in [0.25, 0.3) is 0 Å². The van der Waals surface area contributed by atoms with Gasteiger partial charge in [-0.15, -0.1) is 0 Å². The number of rotatable bonds is 10. The number of unbranched alkanes of at least 4 members (excludes halogenated alkanes) is 1. The number of fused-ring (bicyclic) bond motifs is 1. The summed E-state index contributed by atoms with van der Waals surface area (Å²) in [6.07, 6.45) is 3.53. The van der Waals surface area contributed by atoms with E-state index in [0.29, 0.717) is 0 Å². The second kappa shape index (κ2) is 14.0. The number of anilines is 2. The van der Waals surface area contributed by atoms with Crippen molar-refractivity contribution in [3.8, 4) is 5.75 Å². The molecule has 6 nitrogen and oxygen atoms in total. The van der Waals surface area contributed by atoms with Crippen LogP contribution in [-0.4, -0.2) is 72.7 Å². The molecule has 0 spiro atoms. The van der Waals surface area contributed by atoms with E-state index in [0.717, 1.165) is 47.0 Å². The molecule has 1 saturated heterocycles. The van der Waals surface area contributed by atoms with Crippen LogP contribution >= 0.6 is 0 Å². The molecule has 1 aliphatic rings. The lowest BCUT2D eigenvalue weighted by atomic mass is 10.2. The molecule has 3 aromatic rings. The lowest BCUT2D eigenvalue weighted by Crippen LogP contribution is -2.46. The van der Waals surface area contributed by atoms with Crippen LogP contribution in [0.15, 0.2) is 48.5 Å². The molecular formula is C29H43N5O. The number of para-hydroxylation sites is 1. The Kier molecular flexibility index (Phi) is 10.8. The Labute approximate surface area is 211 Å². The summed E-state index contributed by atoms with van der Waals surface area (Å²) in [7, 11) is 2.05. The van der Waals surface area contributed by atoms with Crippen LogP contribution in [0.3, 0.4) is 0 Å². The van der Waals surface area contributed by atoms with E-state index in [-0.39, 0.29) is 0 Å². The molecule has 1 aliphatic heterocycles. The average Bonchev–Trinajstić information content (AvgIpc) is 2.90. The quantitative estimate of drug-likeness (QED) is 0.338. The van der Waals surface area contributed by atoms with Gasteiger partial charge in [-0.25, -0.2) is 9.97 Å². The van der Waals surface area contributed by atoms with Gasteiger partial charge in [-0.2, -0.15) is 0 Å². The van der Waals surface area contributed by atoms with E-state index in [9.17, 15) is 0 Å². The van der Waals surface area contributed by atoms with Crippen molar-refractivity contribution in [1.29, 1.82) is 0 Å². The molecule has 0 unspecified atom stereocenters. The first kappa shape index (κ1) is 26.9. The van der Waals surface area contributed by atoms with Crippen molar-refractivity contribution in [3.05, 3.63) is 54.4 Å². The maximum Gasteiger partial charge on any atom is 0.144 e. The van der Waals surface area contributed by atoms with Gasteiger partial charge >= 0.3 is 0 Å². The summed E-state index contributed by atoms with van der Waals surface area (Å²) in [5.41, 5.74) is 2.04. The summed E-state index contributed by atoms with van der Waals surface area (Å²) in [4.78, 5) is 16.5. The minimum absolute atomic E-state index is 0.765. The number of ether oxygens (including phenoxy) is 1. The summed E-state index contributed by atoms with van der Waals surface area (Å²) >= 11 is 0. The third-order valence-electron chi connectivity index (χ3n) is 6.38. The molecule has 0 bridgehead atoms. The molecule has 2 heterocycles. The number of piperazine rings is 1. The van der Waals surface area contributed by atoms with Gasteiger partial charge in [0.2, 0.25) is 0 Å². The largest absolute Gasteiger partial charge is 0.494 e. The summed E-state index contributed by atoms with van der Waals surface area (Å²) in [6.45, 7) is 16.2. The van der Waals surface area contributed by atoms with Gasteiger partial charge < -0.3 is 19.4 Å². The maximum absolute atomic E-state index is 6.00. The Hall–Kier alpha value is -2.70. The summed E-state index contributed by atoms with van der Waals surface area (Å²) in [6, 6.07) is 16.4. The molecule has 0 saturated carbocycles. The smallest absolute Gasteiger partial charge is 0.144 e. The van der Waals surface area contributed by atoms with Gasteiger partial charge in [0, 0.05) is 44.3 Å². The zero-order valence-corrected chi connectivity index (χ0v) is 22.3. The van der Waals surface area contributed by atoms with Crippen molar-refractivity contribution in [2.75, 3.05) is 57.8 Å². The molecule has 1 aromatic heterocycles. The standard InChI is InChI=1S/C27H37N5O.C2H6/c1-4-15-31-17-19-32(20-18-31)16-7-8-21-33-24-13-11-23(12-14-24)30(3)27-25-9-5-6-10-26(25)28-22(2)29-27;1-2/h5-6,9-14H,4,7-8,15-21H2,1-3H3;1-2H3. The molecule has 0 atom stereocenters. The number of hydrogen-bond acceptors (Lipinski definition) is 6. The lowest BCUT2D eigenvalue weighted by molar-refractivity contribution is 0.129. The molecule has 35 heavy (non-hydrogen) atoms. The SMILES string of the molecule is CC.CCCN1CCN(CCCCOc2ccc(N(C)c3nc(C)nc4ccccc34)cc2)CC1. The minimum Gasteiger partial charge on any atom is -0.494 e. The average molecular weight is 478 g/mol. The Balaban J connectivity index is 0.00000167. The van der Waals surface area contributed by atoms with Crippen molar-refractivity contribution >= 4 is 22.4 Å². The van der Waals surface area contributed by atoms with E-state index < -0.39 is 0 Å². The van der Waals surface area contributed by atoms with Gasteiger partial charge in [0.15, 0.2) is 0 Å². The molecule has 0 aliphatic carbocycles. The molecule has 0 N–H and O–H groups in total. The number of nitrogens with zero attached hydrogens (tertiary/aromatic N) is 5. The normalized spacial score (nSPS) is 14.4. The minimum atomic E-state index is 0.765. The van der Waals surface area contributed by atoms with Crippen LogP contribution in [0.2, 0.25) is 0 Å². The number of hydrogen-bond donors (Lipinski definition) is 0. The van der Waals surface area contributed by atoms with E-state index in [4.69, 9.17) is 9.72 Å². The molecule has 6 heteroatoms. The van der Waals surface area contributed by atoms with Gasteiger partial charge in [-0.05, 0) is 75.7 Å². The zero-order chi connectivity index (χ0) is 25.0. The predicted molar refractivity (Wildman–Crippen MR) is 148 cm³/mol. The van der Waals surface area contributed by atoms with Crippen molar-refractivity contribution in [2.24, 2.45) is 0 Å². The van der Waals surface area contributed by atoms with Crippen LogP contribution in [0.5, 0.6) is 5.75 Å². The Morgan fingerprint density at radius 2 is 1.51 bits per heavy atom. The fourth-order valence-electron chi connectivity index (χ4n) is 4.50. The highest BCUT2D eigenvalue weighted by molar-refractivity contribution is 5.91. The highest BCUT2D eigenvalue weighted by atomic mass is 16.5. The first-order chi connectivity index (χ1) is 17.1. The fraction of sp³-hybridized carbons (Fsp3) is 0.517. The van der Waals surface area contributed by atoms with E-state index in [1.807, 2.05) is 46.0 Å². The monoisotopic (exact) mass is 477 g/mol. The number of aryl methyl sites for hydroxylation is 1. The van der Waals surface area contributed by atoms with E-state index in [1.165, 1.54) is 52.1 Å². The first-order valence-electron chi connectivity index (χ1n) is 13.3. The van der Waals surface area contributed by atoms with E-state index >= 15 is 0 Å². The number of aromatic nitrogens is 2. The molecule has 4 rings (SSSR count). The molecular weight excluding hydrogens is 434 g/mol. The lowest BCUT2D eigenvalue weighted by Gasteiger charge is -2.34. The van der Waals surface area contributed by atoms with Crippen molar-refractivity contribution in [1.82, 2.24) is 19.8 Å². The second-order valence-corrected chi connectivity index (χ2v) is 8.90. The highest BCUT2D eigenvalue weighted by Gasteiger charge is 2.15. The summed E-state index contributed by atoms with van der Waals surface area (Å²) < 4.78 is 6.00. The molecule has 0 radical (unpaired) electrons. The fourth-order valence-corrected chi connectivity index (χ4v) is 4.50. The van der Waals surface area contributed by atoms with E-state index in [1.54, 1.807) is 0 Å². The topological polar surface area (TPSA) is 44.7 Å². The molecule has 2 aromatic carbocycles. The Morgan fingerprint density at radius 3 is 2.20 bits per heavy atom. The third kappa shape index (κ3) is 7.64. The van der Waals surface area contributed by atoms with Crippen molar-refractivity contribution in [2.45, 2.75) is 47.0 Å². The third-order valence-corrected chi connectivity index (χ3v) is 6.38. The molecule has 190 valence electrons. The predicted octanol–water partition coefficient (Wildman–Crippen LogP) is 5.92. The van der Waals surface area contributed by atoms with Crippen LogP contribution in [0.4, 0.5) is 11.5 Å². The van der Waals surface area contributed by atoms with Gasteiger partial charge in [-0.3, -0.25) is 0 Å². The Morgan fingerprint density at radius 1 is 0.857 bits per heavy atom. The maximum atomic E-state index is 6.00. The number of benzene rings is 2. The molecule has 1 fully saturated rings. The van der Waals surface area contributed by atoms with Crippen molar-refractivity contribution < 1.29 is 4.74 Å². The van der Waals surface area contributed by atoms with Crippen LogP contribution < -0.4 is 9.64 Å². The first-order valence-corrected chi connectivity index (χ1v) is 13.3. The van der Waals surface area contributed by atoms with Gasteiger partial charge in [0.05, 0.1) is 12.1 Å². The van der Waals surface area contributed by atoms with Gasteiger partial charge in [0.1, 0.15) is 17.4 Å². The summed E-state index contributed by atoms with van der Waals surface area (Å²) in [5.74, 6) is 2.62. The molecule has 0 amide bonds. The van der Waals surface area contributed by atoms with Crippen LogP contribution in [0.1, 0.15) is 45.9 Å². The van der Waals surface area contributed by atoms with E-state index in [2.05, 4.69) is 56.9 Å². The highest BCUT2D eigenvalue weighted by Crippen LogP contribution is 2.29. The van der Waals surface area contributed by atoms with Crippen molar-refractivity contribution in [3.63, 3.8) is 0 Å². The van der Waals surface area contributed by atoms with Crippen LogP contribution in [0.25, 0.3) is 10.9 Å². The van der Waals surface area contributed by atoms with Crippen LogP contribution in [-0.2, 0) is 0 Å². The zero-order valence-electron chi connectivity index (χ0n) is 22.3. The Bertz CT molecular complexity index is 1020. The van der Waals surface area contributed by atoms with Gasteiger partial charge in [-0.1, -0.05) is 32.9 Å². The summed E-state index contributed by atoms with van der Waals surface area (Å²) in [5, 5.41) is 1.05. The second-order valence-electron chi connectivity index (χ2n) is 8.90. The van der Waals surface area contributed by atoms with Crippen LogP contribution in [0, 0.1) is 6.92 Å².